The molecule has 0 spiro atoms. The Balaban J connectivity index is 1.72. The van der Waals surface area contributed by atoms with Gasteiger partial charge in [-0.2, -0.15) is 0 Å². The number of ether oxygens (including phenoxy) is 3. The highest BCUT2D eigenvalue weighted by atomic mass is 16.5. The Bertz CT molecular complexity index is 969. The number of carbonyl (C=O) groups is 4. The molecule has 0 saturated carbocycles. The molecule has 2 atom stereocenters. The molecule has 210 valence electrons. The molecular formula is C28H36N4O7. The van der Waals surface area contributed by atoms with Crippen molar-refractivity contribution in [3.05, 3.63) is 71.8 Å². The molecule has 3 rings (SSSR count). The number of carbonyl (C=O) groups excluding carboxylic acids is 4. The van der Waals surface area contributed by atoms with Gasteiger partial charge in [-0.1, -0.05) is 60.7 Å². The van der Waals surface area contributed by atoms with E-state index < -0.39 is 35.7 Å². The lowest BCUT2D eigenvalue weighted by Gasteiger charge is -2.21. The van der Waals surface area contributed by atoms with Crippen LogP contribution in [0.1, 0.15) is 11.1 Å². The molecule has 0 aromatic heterocycles. The lowest BCUT2D eigenvalue weighted by atomic mass is 10.0. The molecule has 1 heterocycles. The van der Waals surface area contributed by atoms with Gasteiger partial charge in [0.25, 0.3) is 0 Å². The van der Waals surface area contributed by atoms with Gasteiger partial charge in [0, 0.05) is 25.9 Å². The van der Waals surface area contributed by atoms with Crippen molar-refractivity contribution in [1.29, 1.82) is 0 Å². The third-order valence-corrected chi connectivity index (χ3v) is 5.85. The zero-order valence-corrected chi connectivity index (χ0v) is 21.9. The van der Waals surface area contributed by atoms with E-state index in [9.17, 15) is 19.2 Å². The highest BCUT2D eigenvalue weighted by Crippen LogP contribution is 2.06. The molecule has 2 aromatic rings. The van der Waals surface area contributed by atoms with E-state index in [1.807, 2.05) is 60.7 Å². The van der Waals surface area contributed by atoms with Crippen molar-refractivity contribution >= 4 is 23.6 Å². The molecule has 1 aliphatic rings. The summed E-state index contributed by atoms with van der Waals surface area (Å²) in [4.78, 5) is 51.6. The first kappa shape index (κ1) is 29.8. The molecule has 39 heavy (non-hydrogen) atoms. The van der Waals surface area contributed by atoms with Gasteiger partial charge in [-0.15, -0.1) is 0 Å². The summed E-state index contributed by atoms with van der Waals surface area (Å²) < 4.78 is 16.4. The van der Waals surface area contributed by atoms with Gasteiger partial charge in [0.15, 0.2) is 0 Å². The molecule has 0 unspecified atom stereocenters. The van der Waals surface area contributed by atoms with Crippen LogP contribution in [0.2, 0.25) is 0 Å². The summed E-state index contributed by atoms with van der Waals surface area (Å²) in [6, 6.07) is 16.3. The molecule has 0 aliphatic carbocycles. The van der Waals surface area contributed by atoms with Crippen molar-refractivity contribution in [3.8, 4) is 0 Å². The summed E-state index contributed by atoms with van der Waals surface area (Å²) in [7, 11) is 0. The lowest BCUT2D eigenvalue weighted by Crippen LogP contribution is -2.56. The Morgan fingerprint density at radius 1 is 0.538 bits per heavy atom. The number of amides is 4. The van der Waals surface area contributed by atoms with Crippen molar-refractivity contribution in [2.24, 2.45) is 0 Å². The molecule has 0 bridgehead atoms. The van der Waals surface area contributed by atoms with Crippen molar-refractivity contribution in [2.75, 3.05) is 52.7 Å². The molecule has 2 aromatic carbocycles. The predicted octanol–water partition coefficient (Wildman–Crippen LogP) is -0.263. The van der Waals surface area contributed by atoms with E-state index in [0.717, 1.165) is 11.1 Å². The number of hydrogen-bond acceptors (Lipinski definition) is 7. The second-order valence-electron chi connectivity index (χ2n) is 8.85. The van der Waals surface area contributed by atoms with Crippen LogP contribution < -0.4 is 21.3 Å². The third-order valence-electron chi connectivity index (χ3n) is 5.85. The molecule has 4 amide bonds. The van der Waals surface area contributed by atoms with Crippen molar-refractivity contribution in [1.82, 2.24) is 21.3 Å². The van der Waals surface area contributed by atoms with Gasteiger partial charge in [-0.05, 0) is 11.1 Å². The van der Waals surface area contributed by atoms with E-state index in [0.29, 0.717) is 26.4 Å². The number of hydrogen-bond donors (Lipinski definition) is 4. The van der Waals surface area contributed by atoms with Crippen LogP contribution in [0.4, 0.5) is 0 Å². The predicted molar refractivity (Wildman–Crippen MR) is 143 cm³/mol. The van der Waals surface area contributed by atoms with E-state index in [-0.39, 0.29) is 39.1 Å². The van der Waals surface area contributed by atoms with Gasteiger partial charge in [-0.3, -0.25) is 19.2 Å². The maximum absolute atomic E-state index is 12.9. The van der Waals surface area contributed by atoms with Crippen molar-refractivity contribution < 1.29 is 33.4 Å². The van der Waals surface area contributed by atoms with E-state index in [4.69, 9.17) is 14.2 Å². The first-order valence-corrected chi connectivity index (χ1v) is 13.0. The normalized spacial score (nSPS) is 21.4. The summed E-state index contributed by atoms with van der Waals surface area (Å²) in [5.74, 6) is -2.94. The largest absolute Gasteiger partial charge is 0.377 e. The summed E-state index contributed by atoms with van der Waals surface area (Å²) in [6.07, 6.45) is 0.350. The number of benzene rings is 2. The Kier molecular flexibility index (Phi) is 12.9. The minimum absolute atomic E-state index is 0.175. The van der Waals surface area contributed by atoms with Gasteiger partial charge >= 0.3 is 11.8 Å². The molecule has 4 N–H and O–H groups in total. The minimum Gasteiger partial charge on any atom is -0.377 e. The Morgan fingerprint density at radius 2 is 0.897 bits per heavy atom. The lowest BCUT2D eigenvalue weighted by molar-refractivity contribution is -0.142. The average Bonchev–Trinajstić information content (AvgIpc) is 2.95. The molecular weight excluding hydrogens is 504 g/mol. The zero-order valence-electron chi connectivity index (χ0n) is 21.9. The van der Waals surface area contributed by atoms with Gasteiger partial charge in [0.05, 0.1) is 39.6 Å². The van der Waals surface area contributed by atoms with Crippen LogP contribution >= 0.6 is 0 Å². The van der Waals surface area contributed by atoms with Crippen LogP contribution in [-0.4, -0.2) is 88.4 Å². The van der Waals surface area contributed by atoms with E-state index in [1.165, 1.54) is 0 Å². The topological polar surface area (TPSA) is 144 Å². The number of nitrogens with one attached hydrogen (secondary N) is 4. The summed E-state index contributed by atoms with van der Waals surface area (Å²) >= 11 is 0. The average molecular weight is 541 g/mol. The minimum atomic E-state index is -1.01. The standard InChI is InChI=1S/C28H36N4O7/c33-25-23(19-21-7-3-1-4-8-21)31-27(35)28(36)32-24(20-22-9-5-2-6-10-22)26(34)30-12-14-38-16-18-39-17-15-37-13-11-29-25/h1-10,23-24H,11-20H2,(H,29,33)(H,30,34)(H,31,35)(H,32,36)/t23-,24-/m0/s1. The van der Waals surface area contributed by atoms with E-state index in [2.05, 4.69) is 21.3 Å². The second kappa shape index (κ2) is 16.9. The van der Waals surface area contributed by atoms with Crippen LogP contribution in [0.3, 0.4) is 0 Å². The zero-order chi connectivity index (χ0) is 27.7. The third kappa shape index (κ3) is 11.2. The van der Waals surface area contributed by atoms with Gasteiger partial charge in [-0.25, -0.2) is 0 Å². The molecule has 1 saturated heterocycles. The first-order chi connectivity index (χ1) is 19.0. The highest BCUT2D eigenvalue weighted by Gasteiger charge is 2.28. The summed E-state index contributed by atoms with van der Waals surface area (Å²) in [5, 5.41) is 10.5. The van der Waals surface area contributed by atoms with E-state index >= 15 is 0 Å². The highest BCUT2D eigenvalue weighted by molar-refractivity contribution is 6.36. The Hall–Kier alpha value is -3.80. The molecule has 11 heteroatoms. The maximum atomic E-state index is 12.9. The van der Waals surface area contributed by atoms with Crippen molar-refractivity contribution in [3.63, 3.8) is 0 Å². The van der Waals surface area contributed by atoms with Gasteiger partial charge in [0.2, 0.25) is 11.8 Å². The van der Waals surface area contributed by atoms with Crippen LogP contribution in [0, 0.1) is 0 Å². The summed E-state index contributed by atoms with van der Waals surface area (Å²) in [6.45, 7) is 2.38. The Morgan fingerprint density at radius 3 is 1.28 bits per heavy atom. The summed E-state index contributed by atoms with van der Waals surface area (Å²) in [5.41, 5.74) is 1.61. The quantitative estimate of drug-likeness (QED) is 0.391. The smallest absolute Gasteiger partial charge is 0.309 e. The van der Waals surface area contributed by atoms with Crippen LogP contribution in [-0.2, 0) is 46.2 Å². The van der Waals surface area contributed by atoms with Gasteiger partial charge < -0.3 is 35.5 Å². The maximum Gasteiger partial charge on any atom is 0.309 e. The Labute approximate surface area is 228 Å². The van der Waals surface area contributed by atoms with E-state index in [1.54, 1.807) is 0 Å². The van der Waals surface area contributed by atoms with Crippen molar-refractivity contribution in [2.45, 2.75) is 24.9 Å². The first-order valence-electron chi connectivity index (χ1n) is 13.0. The number of rotatable bonds is 4. The fraction of sp³-hybridized carbons (Fsp3) is 0.429. The molecule has 1 aliphatic heterocycles. The second-order valence-corrected chi connectivity index (χ2v) is 8.85. The SMILES string of the molecule is O=C1N[C@@H](Cc2ccccc2)C(=O)NCCOCCOCCOCCNC(=O)[C@H](Cc2ccccc2)NC1=O. The molecule has 1 fully saturated rings. The van der Waals surface area contributed by atoms with Gasteiger partial charge in [0.1, 0.15) is 12.1 Å². The monoisotopic (exact) mass is 540 g/mol. The van der Waals surface area contributed by atoms with Crippen LogP contribution in [0.25, 0.3) is 0 Å². The van der Waals surface area contributed by atoms with Crippen LogP contribution in [0.15, 0.2) is 60.7 Å². The fourth-order valence-electron chi connectivity index (χ4n) is 3.85. The fourth-order valence-corrected chi connectivity index (χ4v) is 3.85. The molecule has 0 radical (unpaired) electrons. The molecule has 11 nitrogen and oxygen atoms in total. The van der Waals surface area contributed by atoms with Crippen LogP contribution in [0.5, 0.6) is 0 Å².